The molecule has 1 aromatic heterocycles. The Balaban J connectivity index is 2.29. The minimum absolute atomic E-state index is 0.0860. The van der Waals surface area contributed by atoms with E-state index in [2.05, 4.69) is 10.3 Å². The van der Waals surface area contributed by atoms with Gasteiger partial charge in [-0.25, -0.2) is 4.98 Å². The van der Waals surface area contributed by atoms with Gasteiger partial charge in [0.15, 0.2) is 0 Å². The lowest BCUT2D eigenvalue weighted by molar-refractivity contribution is -0.384. The molecule has 2 aromatic rings. The number of pyridine rings is 1. The molecule has 0 saturated heterocycles. The van der Waals surface area contributed by atoms with Crippen molar-refractivity contribution in [2.45, 2.75) is 13.8 Å². The van der Waals surface area contributed by atoms with E-state index in [4.69, 9.17) is 4.74 Å². The van der Waals surface area contributed by atoms with E-state index < -0.39 is 10.8 Å². The highest BCUT2D eigenvalue weighted by Gasteiger charge is 2.16. The second-order valence-corrected chi connectivity index (χ2v) is 4.50. The molecule has 2 rings (SSSR count). The van der Waals surface area contributed by atoms with Crippen LogP contribution in [-0.2, 0) is 0 Å². The second kappa shape index (κ2) is 6.66. The van der Waals surface area contributed by atoms with Crippen LogP contribution in [-0.4, -0.2) is 22.4 Å². The van der Waals surface area contributed by atoms with Crippen molar-refractivity contribution in [3.05, 3.63) is 57.8 Å². The van der Waals surface area contributed by atoms with E-state index in [1.165, 1.54) is 18.3 Å². The van der Waals surface area contributed by atoms with Gasteiger partial charge in [-0.2, -0.15) is 0 Å². The van der Waals surface area contributed by atoms with Crippen molar-refractivity contribution in [2.75, 3.05) is 11.9 Å². The van der Waals surface area contributed by atoms with Gasteiger partial charge in [0, 0.05) is 18.3 Å². The Morgan fingerprint density at radius 1 is 1.41 bits per heavy atom. The highest BCUT2D eigenvalue weighted by molar-refractivity contribution is 6.06. The average molecular weight is 301 g/mol. The van der Waals surface area contributed by atoms with Crippen LogP contribution in [0.15, 0.2) is 36.5 Å². The molecule has 0 bridgehead atoms. The zero-order valence-corrected chi connectivity index (χ0v) is 12.2. The monoisotopic (exact) mass is 301 g/mol. The van der Waals surface area contributed by atoms with Gasteiger partial charge < -0.3 is 10.1 Å². The van der Waals surface area contributed by atoms with Crippen LogP contribution in [0, 0.1) is 17.0 Å². The van der Waals surface area contributed by atoms with Crippen molar-refractivity contribution in [1.82, 2.24) is 4.98 Å². The number of rotatable bonds is 5. The molecule has 0 radical (unpaired) electrons. The first kappa shape index (κ1) is 15.4. The lowest BCUT2D eigenvalue weighted by atomic mass is 10.1. The van der Waals surface area contributed by atoms with Gasteiger partial charge in [0.1, 0.15) is 5.56 Å². The lowest BCUT2D eigenvalue weighted by Crippen LogP contribution is -2.15. The van der Waals surface area contributed by atoms with Gasteiger partial charge in [-0.15, -0.1) is 0 Å². The molecule has 7 nitrogen and oxygen atoms in total. The summed E-state index contributed by atoms with van der Waals surface area (Å²) in [5.41, 5.74) is 1.29. The van der Waals surface area contributed by atoms with Crippen molar-refractivity contribution in [1.29, 1.82) is 0 Å². The van der Waals surface area contributed by atoms with Gasteiger partial charge in [-0.3, -0.25) is 14.9 Å². The van der Waals surface area contributed by atoms with Crippen LogP contribution >= 0.6 is 0 Å². The van der Waals surface area contributed by atoms with Crippen molar-refractivity contribution in [2.24, 2.45) is 0 Å². The number of nitro groups is 1. The topological polar surface area (TPSA) is 94.4 Å². The normalized spacial score (nSPS) is 10.1. The summed E-state index contributed by atoms with van der Waals surface area (Å²) in [6.07, 6.45) is 1.53. The summed E-state index contributed by atoms with van der Waals surface area (Å²) >= 11 is 0. The summed E-state index contributed by atoms with van der Waals surface area (Å²) in [5, 5.41) is 13.5. The number of hydrogen-bond donors (Lipinski definition) is 1. The summed E-state index contributed by atoms with van der Waals surface area (Å²) in [5.74, 6) is -0.203. The number of benzene rings is 1. The zero-order valence-electron chi connectivity index (χ0n) is 12.2. The summed E-state index contributed by atoms with van der Waals surface area (Å²) < 4.78 is 5.31. The van der Waals surface area contributed by atoms with Crippen molar-refractivity contribution in [3.63, 3.8) is 0 Å². The fraction of sp³-hybridized carbons (Fsp3) is 0.200. The van der Waals surface area contributed by atoms with E-state index in [0.717, 1.165) is 5.56 Å². The number of hydrogen-bond acceptors (Lipinski definition) is 5. The molecular weight excluding hydrogens is 286 g/mol. The fourth-order valence-corrected chi connectivity index (χ4v) is 1.86. The van der Waals surface area contributed by atoms with Gasteiger partial charge >= 0.3 is 0 Å². The van der Waals surface area contributed by atoms with Gasteiger partial charge in [0.25, 0.3) is 11.6 Å². The number of non-ortho nitro benzene ring substituents is 1. The Morgan fingerprint density at radius 3 is 2.86 bits per heavy atom. The van der Waals surface area contributed by atoms with Gasteiger partial charge in [0.2, 0.25) is 5.88 Å². The van der Waals surface area contributed by atoms with Crippen molar-refractivity contribution in [3.8, 4) is 5.88 Å². The number of anilines is 1. The Labute approximate surface area is 127 Å². The minimum atomic E-state index is -0.509. The first-order valence-electron chi connectivity index (χ1n) is 6.67. The maximum Gasteiger partial charge on any atom is 0.271 e. The highest BCUT2D eigenvalue weighted by Crippen LogP contribution is 2.23. The van der Waals surface area contributed by atoms with E-state index in [1.807, 2.05) is 0 Å². The molecule has 0 aliphatic heterocycles. The van der Waals surface area contributed by atoms with Gasteiger partial charge in [-0.05, 0) is 31.5 Å². The molecule has 1 amide bonds. The average Bonchev–Trinajstić information content (AvgIpc) is 2.50. The number of amides is 1. The predicted molar refractivity (Wildman–Crippen MR) is 81.2 cm³/mol. The molecule has 114 valence electrons. The van der Waals surface area contributed by atoms with E-state index in [-0.39, 0.29) is 17.1 Å². The number of aromatic nitrogens is 1. The molecule has 0 unspecified atom stereocenters. The standard InChI is InChI=1S/C15H15N3O4/c1-3-22-15-12(5-4-8-16-15)14(19)17-13-9-11(18(20)21)7-6-10(13)2/h4-9H,3H2,1-2H3,(H,17,19). The Kier molecular flexibility index (Phi) is 4.67. The third-order valence-corrected chi connectivity index (χ3v) is 2.98. The van der Waals surface area contributed by atoms with Crippen LogP contribution in [0.2, 0.25) is 0 Å². The molecule has 0 atom stereocenters. The zero-order chi connectivity index (χ0) is 16.1. The molecule has 0 spiro atoms. The number of carbonyl (C=O) groups is 1. The maximum absolute atomic E-state index is 12.3. The van der Waals surface area contributed by atoms with E-state index in [9.17, 15) is 14.9 Å². The maximum atomic E-state index is 12.3. The lowest BCUT2D eigenvalue weighted by Gasteiger charge is -2.11. The summed E-state index contributed by atoms with van der Waals surface area (Å²) in [6, 6.07) is 7.50. The van der Waals surface area contributed by atoms with Crippen LogP contribution in [0.25, 0.3) is 0 Å². The number of nitrogens with zero attached hydrogens (tertiary/aromatic N) is 2. The Bertz CT molecular complexity index is 716. The summed E-state index contributed by atoms with van der Waals surface area (Å²) in [4.78, 5) is 26.7. The molecule has 1 heterocycles. The van der Waals surface area contributed by atoms with Crippen LogP contribution in [0.1, 0.15) is 22.8 Å². The molecule has 22 heavy (non-hydrogen) atoms. The number of carbonyl (C=O) groups excluding carboxylic acids is 1. The third kappa shape index (κ3) is 3.38. The minimum Gasteiger partial charge on any atom is -0.477 e. The van der Waals surface area contributed by atoms with Crippen molar-refractivity contribution >= 4 is 17.3 Å². The number of ether oxygens (including phenoxy) is 1. The van der Waals surface area contributed by atoms with Gasteiger partial charge in [-0.1, -0.05) is 6.07 Å². The molecule has 0 aliphatic carbocycles. The SMILES string of the molecule is CCOc1ncccc1C(=O)Nc1cc([N+](=O)[O-])ccc1C. The number of nitrogens with one attached hydrogen (secondary N) is 1. The summed E-state index contributed by atoms with van der Waals surface area (Å²) in [6.45, 7) is 3.93. The van der Waals surface area contributed by atoms with Crippen LogP contribution < -0.4 is 10.1 Å². The van der Waals surface area contributed by atoms with E-state index in [0.29, 0.717) is 12.3 Å². The fourth-order valence-electron chi connectivity index (χ4n) is 1.86. The quantitative estimate of drug-likeness (QED) is 0.676. The Hall–Kier alpha value is -2.96. The molecule has 0 fully saturated rings. The number of aryl methyl sites for hydroxylation is 1. The highest BCUT2D eigenvalue weighted by atomic mass is 16.6. The largest absolute Gasteiger partial charge is 0.477 e. The van der Waals surface area contributed by atoms with Crippen molar-refractivity contribution < 1.29 is 14.5 Å². The van der Waals surface area contributed by atoms with Crippen LogP contribution in [0.5, 0.6) is 5.88 Å². The second-order valence-electron chi connectivity index (χ2n) is 4.50. The predicted octanol–water partition coefficient (Wildman–Crippen LogP) is 2.95. The smallest absolute Gasteiger partial charge is 0.271 e. The molecule has 1 aromatic carbocycles. The first-order chi connectivity index (χ1) is 10.5. The first-order valence-corrected chi connectivity index (χ1v) is 6.67. The van der Waals surface area contributed by atoms with E-state index >= 15 is 0 Å². The third-order valence-electron chi connectivity index (χ3n) is 2.98. The molecule has 0 saturated carbocycles. The molecule has 0 aliphatic rings. The van der Waals surface area contributed by atoms with E-state index in [1.54, 1.807) is 32.0 Å². The Morgan fingerprint density at radius 2 is 2.18 bits per heavy atom. The van der Waals surface area contributed by atoms with Gasteiger partial charge in [0.05, 0.1) is 17.2 Å². The molecule has 7 heteroatoms. The van der Waals surface area contributed by atoms with Crippen LogP contribution in [0.3, 0.4) is 0 Å². The van der Waals surface area contributed by atoms with Crippen LogP contribution in [0.4, 0.5) is 11.4 Å². The summed E-state index contributed by atoms with van der Waals surface area (Å²) in [7, 11) is 0. The number of nitro benzene ring substituents is 1. The molecular formula is C15H15N3O4. The molecule has 1 N–H and O–H groups in total.